The zero-order chi connectivity index (χ0) is 15.7. The molecule has 0 aromatic carbocycles. The summed E-state index contributed by atoms with van der Waals surface area (Å²) >= 11 is 1.49. The van der Waals surface area contributed by atoms with Crippen LogP contribution in [0.1, 0.15) is 35.0 Å². The van der Waals surface area contributed by atoms with E-state index < -0.39 is 0 Å². The maximum absolute atomic E-state index is 12.5. The van der Waals surface area contributed by atoms with Gasteiger partial charge in [0.25, 0.3) is 11.5 Å². The Morgan fingerprint density at radius 2 is 2.36 bits per heavy atom. The fourth-order valence-corrected chi connectivity index (χ4v) is 3.93. The van der Waals surface area contributed by atoms with Gasteiger partial charge in [0.1, 0.15) is 0 Å². The van der Waals surface area contributed by atoms with Gasteiger partial charge < -0.3 is 14.6 Å². The van der Waals surface area contributed by atoms with Gasteiger partial charge in [0.05, 0.1) is 17.1 Å². The van der Waals surface area contributed by atoms with Gasteiger partial charge in [0, 0.05) is 35.5 Å². The Balaban J connectivity index is 1.93. The van der Waals surface area contributed by atoms with Crippen molar-refractivity contribution in [3.05, 3.63) is 33.1 Å². The minimum absolute atomic E-state index is 0.0911. The molecule has 3 heterocycles. The zero-order valence-corrected chi connectivity index (χ0v) is 13.7. The lowest BCUT2D eigenvalue weighted by molar-refractivity contribution is 0.0859. The highest BCUT2D eigenvalue weighted by molar-refractivity contribution is 7.19. The molecule has 0 radical (unpaired) electrons. The number of aromatic nitrogens is 1. The third-order valence-electron chi connectivity index (χ3n) is 4.07. The van der Waals surface area contributed by atoms with E-state index in [-0.39, 0.29) is 17.6 Å². The van der Waals surface area contributed by atoms with E-state index in [0.717, 1.165) is 29.0 Å². The normalized spacial score (nSPS) is 18.0. The molecule has 0 saturated carbocycles. The number of amides is 1. The van der Waals surface area contributed by atoms with Crippen molar-refractivity contribution in [3.8, 4) is 0 Å². The third-order valence-corrected chi connectivity index (χ3v) is 5.14. The van der Waals surface area contributed by atoms with Crippen molar-refractivity contribution in [1.29, 1.82) is 0 Å². The van der Waals surface area contributed by atoms with Crippen LogP contribution in [0.5, 0.6) is 0 Å². The summed E-state index contributed by atoms with van der Waals surface area (Å²) in [6.45, 7) is 5.68. The van der Waals surface area contributed by atoms with Gasteiger partial charge in [-0.1, -0.05) is 0 Å². The number of carbonyl (C=O) groups is 1. The van der Waals surface area contributed by atoms with Crippen LogP contribution >= 0.6 is 11.3 Å². The standard InChI is InChI=1S/C16H20N2O3S/c1-3-18-7-6-12-14(16(18)20)13(10(2)22-12)15(19)17-9-11-5-4-8-21-11/h6-7,11H,3-5,8-9H2,1-2H3,(H,17,19)/t11-/m1/s1. The van der Waals surface area contributed by atoms with Crippen molar-refractivity contribution in [2.45, 2.75) is 39.3 Å². The molecule has 1 saturated heterocycles. The van der Waals surface area contributed by atoms with Gasteiger partial charge >= 0.3 is 0 Å². The van der Waals surface area contributed by atoms with Gasteiger partial charge in [0.15, 0.2) is 0 Å². The molecule has 1 N–H and O–H groups in total. The first-order valence-electron chi connectivity index (χ1n) is 7.64. The second kappa shape index (κ2) is 6.22. The maximum Gasteiger partial charge on any atom is 0.260 e. The molecule has 5 nitrogen and oxygen atoms in total. The van der Waals surface area contributed by atoms with E-state index in [4.69, 9.17) is 4.74 Å². The van der Waals surface area contributed by atoms with Gasteiger partial charge in [-0.05, 0) is 32.8 Å². The molecule has 2 aromatic heterocycles. The summed E-state index contributed by atoms with van der Waals surface area (Å²) < 4.78 is 8.02. The number of aryl methyl sites for hydroxylation is 2. The van der Waals surface area contributed by atoms with Crippen molar-refractivity contribution >= 4 is 27.3 Å². The Morgan fingerprint density at radius 3 is 3.05 bits per heavy atom. The monoisotopic (exact) mass is 320 g/mol. The Hall–Kier alpha value is -1.66. The molecule has 1 aliphatic heterocycles. The average Bonchev–Trinajstić information content (AvgIpc) is 3.12. The number of ether oxygens (including phenoxy) is 1. The molecule has 22 heavy (non-hydrogen) atoms. The number of fused-ring (bicyclic) bond motifs is 1. The van der Waals surface area contributed by atoms with Crippen LogP contribution in [0.15, 0.2) is 17.1 Å². The molecule has 2 aromatic rings. The van der Waals surface area contributed by atoms with Crippen molar-refractivity contribution in [2.75, 3.05) is 13.2 Å². The minimum atomic E-state index is -0.176. The van der Waals surface area contributed by atoms with E-state index in [1.807, 2.05) is 19.9 Å². The summed E-state index contributed by atoms with van der Waals surface area (Å²) in [6, 6.07) is 1.91. The van der Waals surface area contributed by atoms with E-state index in [9.17, 15) is 9.59 Å². The van der Waals surface area contributed by atoms with Crippen molar-refractivity contribution in [3.63, 3.8) is 0 Å². The number of thiophene rings is 1. The minimum Gasteiger partial charge on any atom is -0.376 e. The highest BCUT2D eigenvalue weighted by Crippen LogP contribution is 2.28. The molecule has 0 aliphatic carbocycles. The topological polar surface area (TPSA) is 60.3 Å². The van der Waals surface area contributed by atoms with Crippen LogP contribution in [0.25, 0.3) is 10.1 Å². The summed E-state index contributed by atoms with van der Waals surface area (Å²) in [6.07, 6.45) is 3.91. The SMILES string of the molecule is CCn1ccc2sc(C)c(C(=O)NC[C@H]3CCCO3)c2c1=O. The first-order valence-corrected chi connectivity index (χ1v) is 8.45. The number of nitrogens with zero attached hydrogens (tertiary/aromatic N) is 1. The fourth-order valence-electron chi connectivity index (χ4n) is 2.89. The first kappa shape index (κ1) is 15.2. The molecule has 0 bridgehead atoms. The van der Waals surface area contributed by atoms with Crippen LogP contribution in [0.3, 0.4) is 0 Å². The number of nitrogens with one attached hydrogen (secondary N) is 1. The van der Waals surface area contributed by atoms with Crippen LogP contribution in [0.2, 0.25) is 0 Å². The van der Waals surface area contributed by atoms with E-state index in [1.165, 1.54) is 11.3 Å². The van der Waals surface area contributed by atoms with E-state index >= 15 is 0 Å². The second-order valence-corrected chi connectivity index (χ2v) is 6.78. The summed E-state index contributed by atoms with van der Waals surface area (Å²) in [7, 11) is 0. The van der Waals surface area contributed by atoms with Gasteiger partial charge in [-0.25, -0.2) is 0 Å². The largest absolute Gasteiger partial charge is 0.376 e. The first-order chi connectivity index (χ1) is 10.6. The Kier molecular flexibility index (Phi) is 4.31. The van der Waals surface area contributed by atoms with Crippen LogP contribution in [0, 0.1) is 6.92 Å². The van der Waals surface area contributed by atoms with Crippen molar-refractivity contribution < 1.29 is 9.53 Å². The second-order valence-electron chi connectivity index (χ2n) is 5.52. The third kappa shape index (κ3) is 2.68. The van der Waals surface area contributed by atoms with Gasteiger partial charge in [-0.15, -0.1) is 11.3 Å². The van der Waals surface area contributed by atoms with E-state index in [2.05, 4.69) is 5.32 Å². The summed E-state index contributed by atoms with van der Waals surface area (Å²) in [5.74, 6) is -0.176. The quantitative estimate of drug-likeness (QED) is 0.940. The van der Waals surface area contributed by atoms with Crippen LogP contribution in [-0.2, 0) is 11.3 Å². The maximum atomic E-state index is 12.5. The fraction of sp³-hybridized carbons (Fsp3) is 0.500. The number of rotatable bonds is 4. The van der Waals surface area contributed by atoms with Gasteiger partial charge in [-0.3, -0.25) is 9.59 Å². The highest BCUT2D eigenvalue weighted by Gasteiger charge is 2.22. The highest BCUT2D eigenvalue weighted by atomic mass is 32.1. The summed E-state index contributed by atoms with van der Waals surface area (Å²) in [4.78, 5) is 25.9. The predicted molar refractivity (Wildman–Crippen MR) is 87.8 cm³/mol. The Labute approximate surface area is 132 Å². The number of pyridine rings is 1. The Morgan fingerprint density at radius 1 is 1.55 bits per heavy atom. The average molecular weight is 320 g/mol. The lowest BCUT2D eigenvalue weighted by Gasteiger charge is -2.11. The molecule has 0 unspecified atom stereocenters. The molecule has 1 fully saturated rings. The van der Waals surface area contributed by atoms with Crippen LogP contribution in [0.4, 0.5) is 0 Å². The van der Waals surface area contributed by atoms with Crippen LogP contribution < -0.4 is 10.9 Å². The molecule has 0 spiro atoms. The van der Waals surface area contributed by atoms with E-state index in [1.54, 1.807) is 10.8 Å². The molecular formula is C16H20N2O3S. The molecule has 6 heteroatoms. The lowest BCUT2D eigenvalue weighted by atomic mass is 10.1. The van der Waals surface area contributed by atoms with Crippen LogP contribution in [-0.4, -0.2) is 29.7 Å². The molecule has 1 amide bonds. The lowest BCUT2D eigenvalue weighted by Crippen LogP contribution is -2.32. The van der Waals surface area contributed by atoms with Gasteiger partial charge in [-0.2, -0.15) is 0 Å². The van der Waals surface area contributed by atoms with Crippen molar-refractivity contribution in [1.82, 2.24) is 9.88 Å². The van der Waals surface area contributed by atoms with E-state index in [0.29, 0.717) is 24.0 Å². The predicted octanol–water partition coefficient (Wildman–Crippen LogP) is 2.30. The summed E-state index contributed by atoms with van der Waals surface area (Å²) in [5.41, 5.74) is 0.428. The zero-order valence-electron chi connectivity index (χ0n) is 12.8. The molecule has 1 atom stereocenters. The summed E-state index contributed by atoms with van der Waals surface area (Å²) in [5, 5.41) is 3.46. The molecule has 1 aliphatic rings. The molecule has 3 rings (SSSR count). The molecule has 118 valence electrons. The van der Waals surface area contributed by atoms with Gasteiger partial charge in [0.2, 0.25) is 0 Å². The number of carbonyl (C=O) groups excluding carboxylic acids is 1. The Bertz CT molecular complexity index is 757. The number of hydrogen-bond donors (Lipinski definition) is 1. The molecular weight excluding hydrogens is 300 g/mol. The smallest absolute Gasteiger partial charge is 0.260 e. The van der Waals surface area contributed by atoms with Crippen molar-refractivity contribution in [2.24, 2.45) is 0 Å². The number of hydrogen-bond acceptors (Lipinski definition) is 4.